The third-order valence-corrected chi connectivity index (χ3v) is 4.49. The summed E-state index contributed by atoms with van der Waals surface area (Å²) in [5, 5.41) is 5.25. The number of hydrogen-bond donors (Lipinski definition) is 1. The zero-order chi connectivity index (χ0) is 16.7. The van der Waals surface area contributed by atoms with E-state index in [0.717, 1.165) is 25.0 Å². The SMILES string of the molecule is CN=C(NCCc1cccc(F)c1F)N(C)CCc1cccs1. The Bertz CT molecular complexity index is 641. The summed E-state index contributed by atoms with van der Waals surface area (Å²) in [4.78, 5) is 7.58. The normalized spacial score (nSPS) is 11.6. The molecule has 0 aliphatic heterocycles. The molecule has 0 spiro atoms. The average Bonchev–Trinajstić information content (AvgIpc) is 3.06. The Labute approximate surface area is 139 Å². The van der Waals surface area contributed by atoms with Crippen LogP contribution >= 0.6 is 11.3 Å². The molecule has 0 fully saturated rings. The number of likely N-dealkylation sites (N-methyl/N-ethyl adjacent to an activating group) is 1. The van der Waals surface area contributed by atoms with E-state index in [4.69, 9.17) is 0 Å². The van der Waals surface area contributed by atoms with Crippen LogP contribution < -0.4 is 5.32 Å². The van der Waals surface area contributed by atoms with Crippen LogP contribution in [0.15, 0.2) is 40.7 Å². The molecule has 1 heterocycles. The molecule has 0 atom stereocenters. The molecule has 2 rings (SSSR count). The molecule has 6 heteroatoms. The van der Waals surface area contributed by atoms with Gasteiger partial charge in [-0.25, -0.2) is 8.78 Å². The van der Waals surface area contributed by atoms with Gasteiger partial charge in [-0.1, -0.05) is 18.2 Å². The molecule has 0 saturated carbocycles. The number of aliphatic imine (C=N–C) groups is 1. The fourth-order valence-corrected chi connectivity index (χ4v) is 2.97. The Morgan fingerprint density at radius 2 is 2.04 bits per heavy atom. The predicted octanol–water partition coefficient (Wildman–Crippen LogP) is 3.32. The average molecular weight is 337 g/mol. The van der Waals surface area contributed by atoms with E-state index in [1.165, 1.54) is 10.9 Å². The molecule has 2 aromatic rings. The van der Waals surface area contributed by atoms with Gasteiger partial charge in [0.2, 0.25) is 0 Å². The molecule has 124 valence electrons. The highest BCUT2D eigenvalue weighted by Gasteiger charge is 2.09. The molecular formula is C17H21F2N3S. The first-order valence-corrected chi connectivity index (χ1v) is 8.37. The van der Waals surface area contributed by atoms with E-state index < -0.39 is 11.6 Å². The Kier molecular flexibility index (Phi) is 6.52. The van der Waals surface area contributed by atoms with Crippen LogP contribution in [0.2, 0.25) is 0 Å². The largest absolute Gasteiger partial charge is 0.356 e. The van der Waals surface area contributed by atoms with Gasteiger partial charge in [-0.2, -0.15) is 0 Å². The zero-order valence-corrected chi connectivity index (χ0v) is 14.2. The van der Waals surface area contributed by atoms with Crippen molar-refractivity contribution in [1.29, 1.82) is 0 Å². The van der Waals surface area contributed by atoms with E-state index in [2.05, 4.69) is 21.8 Å². The van der Waals surface area contributed by atoms with Gasteiger partial charge in [-0.05, 0) is 35.9 Å². The molecule has 0 saturated heterocycles. The maximum absolute atomic E-state index is 13.6. The van der Waals surface area contributed by atoms with Gasteiger partial charge < -0.3 is 10.2 Å². The van der Waals surface area contributed by atoms with Gasteiger partial charge in [-0.3, -0.25) is 4.99 Å². The second-order valence-corrected chi connectivity index (χ2v) is 6.22. The van der Waals surface area contributed by atoms with Crippen LogP contribution in [0.1, 0.15) is 10.4 Å². The number of thiophene rings is 1. The fourth-order valence-electron chi connectivity index (χ4n) is 2.27. The molecule has 0 aliphatic rings. The maximum atomic E-state index is 13.6. The highest BCUT2D eigenvalue weighted by molar-refractivity contribution is 7.09. The molecule has 0 radical (unpaired) electrons. The first-order valence-electron chi connectivity index (χ1n) is 7.49. The number of nitrogens with zero attached hydrogens (tertiary/aromatic N) is 2. The van der Waals surface area contributed by atoms with Crippen LogP contribution in [0.5, 0.6) is 0 Å². The molecule has 23 heavy (non-hydrogen) atoms. The molecule has 1 N–H and O–H groups in total. The lowest BCUT2D eigenvalue weighted by atomic mass is 10.1. The standard InChI is InChI=1S/C17H21F2N3S/c1-20-17(22(2)11-9-14-6-4-12-23-14)21-10-8-13-5-3-7-15(18)16(13)19/h3-7,12H,8-11H2,1-2H3,(H,20,21). The Morgan fingerprint density at radius 3 is 2.74 bits per heavy atom. The summed E-state index contributed by atoms with van der Waals surface area (Å²) < 4.78 is 26.8. The molecular weight excluding hydrogens is 316 g/mol. The van der Waals surface area contributed by atoms with Gasteiger partial charge in [0.1, 0.15) is 0 Å². The van der Waals surface area contributed by atoms with Crippen molar-refractivity contribution >= 4 is 17.3 Å². The van der Waals surface area contributed by atoms with Crippen LogP contribution in [0.3, 0.4) is 0 Å². The van der Waals surface area contributed by atoms with Gasteiger partial charge >= 0.3 is 0 Å². The number of rotatable bonds is 6. The minimum Gasteiger partial charge on any atom is -0.356 e. The van der Waals surface area contributed by atoms with Crippen LogP contribution in [-0.4, -0.2) is 38.0 Å². The number of halogens is 2. The lowest BCUT2D eigenvalue weighted by Crippen LogP contribution is -2.40. The molecule has 1 aromatic heterocycles. The third-order valence-electron chi connectivity index (χ3n) is 3.56. The van der Waals surface area contributed by atoms with Crippen molar-refractivity contribution < 1.29 is 8.78 Å². The summed E-state index contributed by atoms with van der Waals surface area (Å²) in [6.07, 6.45) is 1.36. The summed E-state index contributed by atoms with van der Waals surface area (Å²) in [5.74, 6) is -0.825. The van der Waals surface area contributed by atoms with Crippen molar-refractivity contribution in [2.75, 3.05) is 27.2 Å². The molecule has 3 nitrogen and oxygen atoms in total. The van der Waals surface area contributed by atoms with Gasteiger partial charge in [0, 0.05) is 32.1 Å². The van der Waals surface area contributed by atoms with E-state index in [1.54, 1.807) is 24.5 Å². The van der Waals surface area contributed by atoms with Crippen LogP contribution in [0.25, 0.3) is 0 Å². The first kappa shape index (κ1) is 17.4. The summed E-state index contributed by atoms with van der Waals surface area (Å²) in [6.45, 7) is 1.34. The third kappa shape index (κ3) is 5.03. The lowest BCUT2D eigenvalue weighted by molar-refractivity contribution is 0.483. The van der Waals surface area contributed by atoms with Crippen LogP contribution in [0, 0.1) is 11.6 Å². The highest BCUT2D eigenvalue weighted by Crippen LogP contribution is 2.12. The molecule has 0 aliphatic carbocycles. The Hall–Kier alpha value is -1.95. The van der Waals surface area contributed by atoms with Gasteiger partial charge in [0.15, 0.2) is 17.6 Å². The number of hydrogen-bond acceptors (Lipinski definition) is 2. The van der Waals surface area contributed by atoms with Crippen molar-refractivity contribution in [3.8, 4) is 0 Å². The van der Waals surface area contributed by atoms with E-state index in [1.807, 2.05) is 18.0 Å². The van der Waals surface area contributed by atoms with Crippen molar-refractivity contribution in [3.63, 3.8) is 0 Å². The minimum atomic E-state index is -0.806. The van der Waals surface area contributed by atoms with Crippen molar-refractivity contribution in [1.82, 2.24) is 10.2 Å². The second-order valence-electron chi connectivity index (χ2n) is 5.19. The summed E-state index contributed by atoms with van der Waals surface area (Å²) in [5.41, 5.74) is 0.370. The number of nitrogens with one attached hydrogen (secondary N) is 1. The Morgan fingerprint density at radius 1 is 1.22 bits per heavy atom. The summed E-state index contributed by atoms with van der Waals surface area (Å²) in [7, 11) is 3.68. The number of guanidine groups is 1. The van der Waals surface area contributed by atoms with E-state index >= 15 is 0 Å². The smallest absolute Gasteiger partial charge is 0.193 e. The van der Waals surface area contributed by atoms with Gasteiger partial charge in [-0.15, -0.1) is 11.3 Å². The number of benzene rings is 1. The maximum Gasteiger partial charge on any atom is 0.193 e. The Balaban J connectivity index is 1.81. The lowest BCUT2D eigenvalue weighted by Gasteiger charge is -2.21. The first-order chi connectivity index (χ1) is 11.1. The van der Waals surface area contributed by atoms with Crippen LogP contribution in [0.4, 0.5) is 8.78 Å². The van der Waals surface area contributed by atoms with E-state index in [-0.39, 0.29) is 0 Å². The quantitative estimate of drug-likeness (QED) is 0.647. The fraction of sp³-hybridized carbons (Fsp3) is 0.353. The molecule has 1 aromatic carbocycles. The van der Waals surface area contributed by atoms with E-state index in [9.17, 15) is 8.78 Å². The molecule has 0 bridgehead atoms. The zero-order valence-electron chi connectivity index (χ0n) is 13.4. The van der Waals surface area contributed by atoms with Crippen molar-refractivity contribution in [2.24, 2.45) is 4.99 Å². The molecule has 0 unspecified atom stereocenters. The summed E-state index contributed by atoms with van der Waals surface area (Å²) >= 11 is 1.74. The topological polar surface area (TPSA) is 27.6 Å². The van der Waals surface area contributed by atoms with Crippen LogP contribution in [-0.2, 0) is 12.8 Å². The van der Waals surface area contributed by atoms with Crippen molar-refractivity contribution in [3.05, 3.63) is 57.8 Å². The summed E-state index contributed by atoms with van der Waals surface area (Å²) in [6, 6.07) is 8.41. The van der Waals surface area contributed by atoms with E-state index in [0.29, 0.717) is 18.5 Å². The molecule has 0 amide bonds. The highest BCUT2D eigenvalue weighted by atomic mass is 32.1. The second kappa shape index (κ2) is 8.62. The van der Waals surface area contributed by atoms with Gasteiger partial charge in [0.05, 0.1) is 0 Å². The van der Waals surface area contributed by atoms with Crippen molar-refractivity contribution in [2.45, 2.75) is 12.8 Å². The monoisotopic (exact) mass is 337 g/mol. The minimum absolute atomic E-state index is 0.370. The predicted molar refractivity (Wildman–Crippen MR) is 92.1 cm³/mol. The van der Waals surface area contributed by atoms with Gasteiger partial charge in [0.25, 0.3) is 0 Å².